The van der Waals surface area contributed by atoms with E-state index in [4.69, 9.17) is 12.2 Å². The van der Waals surface area contributed by atoms with Gasteiger partial charge in [-0.05, 0) is 56.7 Å². The molecule has 0 amide bonds. The van der Waals surface area contributed by atoms with E-state index in [1.807, 2.05) is 0 Å². The molecule has 0 spiro atoms. The fourth-order valence-electron chi connectivity index (χ4n) is 2.80. The smallest absolute Gasteiger partial charge is 0.195 e. The van der Waals surface area contributed by atoms with Crippen molar-refractivity contribution in [3.63, 3.8) is 0 Å². The molecule has 3 nitrogen and oxygen atoms in total. The SMILES string of the molecule is CC1CCC(n2c(C3CC3)n[nH]c2=S)CC1. The molecule has 88 valence electrons. The molecule has 4 heteroatoms. The summed E-state index contributed by atoms with van der Waals surface area (Å²) >= 11 is 5.38. The fraction of sp³-hybridized carbons (Fsp3) is 0.833. The second-order valence-corrected chi connectivity index (χ2v) is 5.83. The highest BCUT2D eigenvalue weighted by Crippen LogP contribution is 2.41. The average molecular weight is 237 g/mol. The first-order valence-electron chi connectivity index (χ1n) is 6.42. The van der Waals surface area contributed by atoms with E-state index in [9.17, 15) is 0 Å². The number of nitrogens with zero attached hydrogens (tertiary/aromatic N) is 2. The number of H-pyrrole nitrogens is 1. The minimum Gasteiger partial charge on any atom is -0.301 e. The Morgan fingerprint density at radius 3 is 2.50 bits per heavy atom. The molecule has 16 heavy (non-hydrogen) atoms. The first kappa shape index (κ1) is 10.5. The van der Waals surface area contributed by atoms with E-state index in [2.05, 4.69) is 21.7 Å². The van der Waals surface area contributed by atoms with Crippen molar-refractivity contribution in [3.8, 4) is 0 Å². The Bertz CT molecular complexity index is 422. The van der Waals surface area contributed by atoms with Gasteiger partial charge in [0.1, 0.15) is 5.82 Å². The van der Waals surface area contributed by atoms with Crippen LogP contribution in [0, 0.1) is 10.7 Å². The molecule has 2 aliphatic carbocycles. The second kappa shape index (κ2) is 3.99. The number of hydrogen-bond donors (Lipinski definition) is 1. The summed E-state index contributed by atoms with van der Waals surface area (Å²) in [6.07, 6.45) is 7.80. The molecule has 0 aliphatic heterocycles. The molecular formula is C12H19N3S. The van der Waals surface area contributed by atoms with Gasteiger partial charge in [-0.25, -0.2) is 0 Å². The maximum absolute atomic E-state index is 5.38. The molecule has 0 aromatic carbocycles. The summed E-state index contributed by atoms with van der Waals surface area (Å²) in [5.41, 5.74) is 0. The van der Waals surface area contributed by atoms with E-state index >= 15 is 0 Å². The van der Waals surface area contributed by atoms with E-state index < -0.39 is 0 Å². The normalized spacial score (nSPS) is 30.6. The lowest BCUT2D eigenvalue weighted by Gasteiger charge is -2.27. The van der Waals surface area contributed by atoms with Crippen molar-refractivity contribution in [2.45, 2.75) is 57.4 Å². The van der Waals surface area contributed by atoms with Crippen LogP contribution in [0.25, 0.3) is 0 Å². The Hall–Kier alpha value is -0.640. The average Bonchev–Trinajstić information content (AvgIpc) is 3.05. The van der Waals surface area contributed by atoms with Gasteiger partial charge in [0.15, 0.2) is 4.77 Å². The van der Waals surface area contributed by atoms with Gasteiger partial charge in [0, 0.05) is 12.0 Å². The second-order valence-electron chi connectivity index (χ2n) is 5.44. The Balaban J connectivity index is 1.87. The van der Waals surface area contributed by atoms with E-state index in [0.29, 0.717) is 12.0 Å². The van der Waals surface area contributed by atoms with Crippen molar-refractivity contribution in [3.05, 3.63) is 10.6 Å². The van der Waals surface area contributed by atoms with Gasteiger partial charge in [-0.1, -0.05) is 6.92 Å². The Labute approximate surface area is 101 Å². The fourth-order valence-corrected chi connectivity index (χ4v) is 3.09. The van der Waals surface area contributed by atoms with Crippen LogP contribution < -0.4 is 0 Å². The molecule has 0 saturated heterocycles. The van der Waals surface area contributed by atoms with Crippen LogP contribution in [0.5, 0.6) is 0 Å². The maximum atomic E-state index is 5.38. The minimum atomic E-state index is 0.609. The van der Waals surface area contributed by atoms with Gasteiger partial charge >= 0.3 is 0 Å². The van der Waals surface area contributed by atoms with Crippen LogP contribution >= 0.6 is 12.2 Å². The van der Waals surface area contributed by atoms with Crippen LogP contribution in [0.1, 0.15) is 63.2 Å². The largest absolute Gasteiger partial charge is 0.301 e. The summed E-state index contributed by atoms with van der Waals surface area (Å²) < 4.78 is 3.15. The molecule has 1 aromatic heterocycles. The zero-order chi connectivity index (χ0) is 11.1. The summed E-state index contributed by atoms with van der Waals surface area (Å²) in [5.74, 6) is 2.80. The molecule has 3 rings (SSSR count). The number of nitrogens with one attached hydrogen (secondary N) is 1. The van der Waals surface area contributed by atoms with Crippen molar-refractivity contribution >= 4 is 12.2 Å². The summed E-state index contributed by atoms with van der Waals surface area (Å²) in [6, 6.07) is 0.609. The summed E-state index contributed by atoms with van der Waals surface area (Å²) in [6.45, 7) is 2.35. The summed E-state index contributed by atoms with van der Waals surface area (Å²) in [5, 5.41) is 7.40. The van der Waals surface area contributed by atoms with Crippen LogP contribution in [0.2, 0.25) is 0 Å². The molecule has 2 aliphatic rings. The number of aromatic nitrogens is 3. The maximum Gasteiger partial charge on any atom is 0.195 e. The van der Waals surface area contributed by atoms with E-state index in [1.165, 1.54) is 44.3 Å². The van der Waals surface area contributed by atoms with Gasteiger partial charge in [-0.3, -0.25) is 5.10 Å². The van der Waals surface area contributed by atoms with Crippen molar-refractivity contribution in [1.82, 2.24) is 14.8 Å². The Kier molecular flexibility index (Phi) is 2.62. The highest BCUT2D eigenvalue weighted by atomic mass is 32.1. The van der Waals surface area contributed by atoms with Crippen LogP contribution in [-0.4, -0.2) is 14.8 Å². The third-order valence-electron chi connectivity index (χ3n) is 4.02. The lowest BCUT2D eigenvalue weighted by molar-refractivity contribution is 0.283. The molecule has 1 N–H and O–H groups in total. The highest BCUT2D eigenvalue weighted by Gasteiger charge is 2.32. The van der Waals surface area contributed by atoms with Crippen LogP contribution in [0.4, 0.5) is 0 Å². The topological polar surface area (TPSA) is 33.6 Å². The molecule has 2 fully saturated rings. The zero-order valence-corrected chi connectivity index (χ0v) is 10.6. The highest BCUT2D eigenvalue weighted by molar-refractivity contribution is 7.71. The lowest BCUT2D eigenvalue weighted by Crippen LogP contribution is -2.18. The van der Waals surface area contributed by atoms with Crippen LogP contribution in [0.3, 0.4) is 0 Å². The van der Waals surface area contributed by atoms with E-state index in [0.717, 1.165) is 10.7 Å². The number of rotatable bonds is 2. The molecule has 1 aromatic rings. The molecule has 0 atom stereocenters. The standard InChI is InChI=1S/C12H19N3S/c1-8-2-6-10(7-3-8)15-11(9-4-5-9)13-14-12(15)16/h8-10H,2-7H2,1H3,(H,14,16). The Morgan fingerprint density at radius 2 is 1.88 bits per heavy atom. The van der Waals surface area contributed by atoms with Gasteiger partial charge < -0.3 is 4.57 Å². The monoisotopic (exact) mass is 237 g/mol. The molecule has 0 bridgehead atoms. The molecular weight excluding hydrogens is 218 g/mol. The lowest BCUT2D eigenvalue weighted by atomic mass is 9.87. The van der Waals surface area contributed by atoms with Gasteiger partial charge in [-0.2, -0.15) is 5.10 Å². The molecule has 1 heterocycles. The zero-order valence-electron chi connectivity index (χ0n) is 9.78. The van der Waals surface area contributed by atoms with Gasteiger partial charge in [0.25, 0.3) is 0 Å². The van der Waals surface area contributed by atoms with Crippen molar-refractivity contribution in [2.24, 2.45) is 5.92 Å². The van der Waals surface area contributed by atoms with E-state index in [-0.39, 0.29) is 0 Å². The number of aromatic amines is 1. The van der Waals surface area contributed by atoms with Crippen LogP contribution in [0.15, 0.2) is 0 Å². The van der Waals surface area contributed by atoms with Gasteiger partial charge in [0.2, 0.25) is 0 Å². The molecule has 0 unspecified atom stereocenters. The molecule has 2 saturated carbocycles. The van der Waals surface area contributed by atoms with Gasteiger partial charge in [-0.15, -0.1) is 0 Å². The Morgan fingerprint density at radius 1 is 1.19 bits per heavy atom. The summed E-state index contributed by atoms with van der Waals surface area (Å²) in [7, 11) is 0. The molecule has 0 radical (unpaired) electrons. The predicted octanol–water partition coefficient (Wildman–Crippen LogP) is 3.57. The van der Waals surface area contributed by atoms with Crippen molar-refractivity contribution in [2.75, 3.05) is 0 Å². The third-order valence-corrected chi connectivity index (χ3v) is 4.31. The van der Waals surface area contributed by atoms with E-state index in [1.54, 1.807) is 0 Å². The van der Waals surface area contributed by atoms with Crippen molar-refractivity contribution in [1.29, 1.82) is 0 Å². The van der Waals surface area contributed by atoms with Crippen molar-refractivity contribution < 1.29 is 0 Å². The number of hydrogen-bond acceptors (Lipinski definition) is 2. The quantitative estimate of drug-likeness (QED) is 0.798. The van der Waals surface area contributed by atoms with Crippen LogP contribution in [-0.2, 0) is 0 Å². The third kappa shape index (κ3) is 1.83. The first-order valence-corrected chi connectivity index (χ1v) is 6.83. The van der Waals surface area contributed by atoms with Gasteiger partial charge in [0.05, 0.1) is 0 Å². The predicted molar refractivity (Wildman–Crippen MR) is 66.1 cm³/mol. The summed E-state index contributed by atoms with van der Waals surface area (Å²) in [4.78, 5) is 0. The minimum absolute atomic E-state index is 0.609. The first-order chi connectivity index (χ1) is 7.75.